The summed E-state index contributed by atoms with van der Waals surface area (Å²) in [4.78, 5) is 31.8. The maximum atomic E-state index is 11.9. The SMILES string of the molecule is CCC(=O)N1CCC(Nc2ncnc3c2nc(-c2ccc(C)nc2)n3C)C1. The molecule has 1 aliphatic rings. The third-order valence-electron chi connectivity index (χ3n) is 5.01. The van der Waals surface area contributed by atoms with Crippen LogP contribution < -0.4 is 5.32 Å². The Hall–Kier alpha value is -3.03. The second-order valence-corrected chi connectivity index (χ2v) is 6.90. The number of aromatic nitrogens is 5. The van der Waals surface area contributed by atoms with E-state index in [1.54, 1.807) is 6.33 Å². The molecule has 0 bridgehead atoms. The highest BCUT2D eigenvalue weighted by Crippen LogP contribution is 2.26. The summed E-state index contributed by atoms with van der Waals surface area (Å²) in [5.74, 6) is 1.70. The summed E-state index contributed by atoms with van der Waals surface area (Å²) in [5.41, 5.74) is 3.40. The molecule has 1 amide bonds. The highest BCUT2D eigenvalue weighted by atomic mass is 16.2. The van der Waals surface area contributed by atoms with Crippen LogP contribution in [0.3, 0.4) is 0 Å². The van der Waals surface area contributed by atoms with Gasteiger partial charge in [-0.1, -0.05) is 6.92 Å². The lowest BCUT2D eigenvalue weighted by Crippen LogP contribution is -2.31. The first-order valence-corrected chi connectivity index (χ1v) is 9.21. The van der Waals surface area contributed by atoms with Crippen LogP contribution in [0.15, 0.2) is 24.7 Å². The van der Waals surface area contributed by atoms with Crippen LogP contribution >= 0.6 is 0 Å². The molecule has 1 fully saturated rings. The van der Waals surface area contributed by atoms with Gasteiger partial charge >= 0.3 is 0 Å². The van der Waals surface area contributed by atoms with Crippen molar-refractivity contribution in [3.8, 4) is 11.4 Å². The van der Waals surface area contributed by atoms with E-state index in [-0.39, 0.29) is 11.9 Å². The Bertz CT molecular complexity index is 980. The van der Waals surface area contributed by atoms with Crippen molar-refractivity contribution in [2.24, 2.45) is 7.05 Å². The molecule has 0 saturated carbocycles. The lowest BCUT2D eigenvalue weighted by Gasteiger charge is -2.16. The lowest BCUT2D eigenvalue weighted by molar-refractivity contribution is -0.129. The zero-order valence-electron chi connectivity index (χ0n) is 15.8. The maximum absolute atomic E-state index is 11.9. The molecule has 140 valence electrons. The topological polar surface area (TPSA) is 88.8 Å². The van der Waals surface area contributed by atoms with Crippen molar-refractivity contribution in [1.29, 1.82) is 0 Å². The van der Waals surface area contributed by atoms with Crippen LogP contribution in [0.4, 0.5) is 5.82 Å². The predicted octanol–water partition coefficient (Wildman–Crippen LogP) is 2.16. The second-order valence-electron chi connectivity index (χ2n) is 6.90. The summed E-state index contributed by atoms with van der Waals surface area (Å²) in [7, 11) is 1.94. The molecule has 1 atom stereocenters. The number of hydrogen-bond acceptors (Lipinski definition) is 6. The van der Waals surface area contributed by atoms with E-state index in [1.807, 2.05) is 48.7 Å². The number of imidazole rings is 1. The van der Waals surface area contributed by atoms with Gasteiger partial charge in [-0.2, -0.15) is 0 Å². The number of anilines is 1. The quantitative estimate of drug-likeness (QED) is 0.762. The number of carbonyl (C=O) groups excluding carboxylic acids is 1. The fourth-order valence-electron chi connectivity index (χ4n) is 3.48. The first kappa shape index (κ1) is 17.4. The van der Waals surface area contributed by atoms with Crippen molar-refractivity contribution in [2.75, 3.05) is 18.4 Å². The number of rotatable bonds is 4. The van der Waals surface area contributed by atoms with Crippen LogP contribution in [0, 0.1) is 6.92 Å². The van der Waals surface area contributed by atoms with Gasteiger partial charge in [0.05, 0.1) is 0 Å². The zero-order valence-corrected chi connectivity index (χ0v) is 15.8. The van der Waals surface area contributed by atoms with Gasteiger partial charge in [-0.3, -0.25) is 9.78 Å². The average Bonchev–Trinajstić information content (AvgIpc) is 3.28. The summed E-state index contributed by atoms with van der Waals surface area (Å²) >= 11 is 0. The number of likely N-dealkylation sites (tertiary alicyclic amines) is 1. The minimum atomic E-state index is 0.171. The number of hydrogen-bond donors (Lipinski definition) is 1. The standard InChI is InChI=1S/C19H23N7O/c1-4-15(27)26-8-7-14(10-26)23-17-16-19(22-11-21-17)25(3)18(24-16)13-6-5-12(2)20-9-13/h5-6,9,11,14H,4,7-8,10H2,1-3H3,(H,21,22,23). The van der Waals surface area contributed by atoms with Gasteiger partial charge in [-0.15, -0.1) is 0 Å². The fraction of sp³-hybridized carbons (Fsp3) is 0.421. The molecule has 0 radical (unpaired) electrons. The van der Waals surface area contributed by atoms with Gasteiger partial charge in [0.15, 0.2) is 17.0 Å². The molecule has 3 aromatic rings. The molecular weight excluding hydrogens is 342 g/mol. The average molecular weight is 365 g/mol. The molecule has 1 N–H and O–H groups in total. The minimum absolute atomic E-state index is 0.171. The van der Waals surface area contributed by atoms with Crippen molar-refractivity contribution in [1.82, 2.24) is 29.4 Å². The van der Waals surface area contributed by atoms with Crippen molar-refractivity contribution in [3.63, 3.8) is 0 Å². The van der Waals surface area contributed by atoms with E-state index in [9.17, 15) is 4.79 Å². The Kier molecular flexibility index (Phi) is 4.47. The minimum Gasteiger partial charge on any atom is -0.364 e. The molecule has 8 heteroatoms. The summed E-state index contributed by atoms with van der Waals surface area (Å²) in [5, 5.41) is 3.46. The fourth-order valence-corrected chi connectivity index (χ4v) is 3.48. The Labute approximate surface area is 157 Å². The summed E-state index contributed by atoms with van der Waals surface area (Å²) in [6.45, 7) is 5.33. The van der Waals surface area contributed by atoms with Gasteiger partial charge in [-0.05, 0) is 25.5 Å². The molecule has 0 aromatic carbocycles. The predicted molar refractivity (Wildman–Crippen MR) is 103 cm³/mol. The van der Waals surface area contributed by atoms with Crippen LogP contribution in [0.5, 0.6) is 0 Å². The van der Waals surface area contributed by atoms with Gasteiger partial charge in [0.2, 0.25) is 5.91 Å². The number of amides is 1. The van der Waals surface area contributed by atoms with Crippen molar-refractivity contribution in [3.05, 3.63) is 30.4 Å². The highest BCUT2D eigenvalue weighted by molar-refractivity contribution is 5.86. The van der Waals surface area contributed by atoms with Crippen LogP contribution in [-0.2, 0) is 11.8 Å². The Balaban J connectivity index is 1.64. The van der Waals surface area contributed by atoms with Crippen LogP contribution in [-0.4, -0.2) is 54.4 Å². The Morgan fingerprint density at radius 3 is 2.89 bits per heavy atom. The monoisotopic (exact) mass is 365 g/mol. The van der Waals surface area contributed by atoms with Gasteiger partial charge < -0.3 is 14.8 Å². The van der Waals surface area contributed by atoms with E-state index in [2.05, 4.69) is 20.3 Å². The van der Waals surface area contributed by atoms with E-state index in [4.69, 9.17) is 4.98 Å². The smallest absolute Gasteiger partial charge is 0.222 e. The first-order chi connectivity index (χ1) is 13.1. The summed E-state index contributed by atoms with van der Waals surface area (Å²) in [6.07, 6.45) is 4.81. The van der Waals surface area contributed by atoms with Crippen molar-refractivity contribution in [2.45, 2.75) is 32.7 Å². The molecule has 1 unspecified atom stereocenters. The lowest BCUT2D eigenvalue weighted by atomic mass is 10.2. The molecule has 0 aliphatic carbocycles. The van der Waals surface area contributed by atoms with Crippen molar-refractivity contribution >= 4 is 22.9 Å². The van der Waals surface area contributed by atoms with E-state index in [0.29, 0.717) is 18.8 Å². The van der Waals surface area contributed by atoms with Crippen molar-refractivity contribution < 1.29 is 4.79 Å². The number of carbonyl (C=O) groups is 1. The van der Waals surface area contributed by atoms with Gasteiger partial charge in [0.1, 0.15) is 12.2 Å². The molecular formula is C19H23N7O. The number of pyridine rings is 1. The van der Waals surface area contributed by atoms with Crippen LogP contribution in [0.1, 0.15) is 25.5 Å². The Morgan fingerprint density at radius 2 is 2.15 bits per heavy atom. The molecule has 3 aromatic heterocycles. The molecule has 8 nitrogen and oxygen atoms in total. The zero-order chi connectivity index (χ0) is 19.0. The van der Waals surface area contributed by atoms with E-state index >= 15 is 0 Å². The van der Waals surface area contributed by atoms with E-state index in [0.717, 1.165) is 41.2 Å². The highest BCUT2D eigenvalue weighted by Gasteiger charge is 2.26. The molecule has 4 rings (SSSR count). The number of fused-ring (bicyclic) bond motifs is 1. The largest absolute Gasteiger partial charge is 0.364 e. The summed E-state index contributed by atoms with van der Waals surface area (Å²) in [6, 6.07) is 4.15. The normalized spacial score (nSPS) is 16.9. The Morgan fingerprint density at radius 1 is 1.30 bits per heavy atom. The number of aryl methyl sites for hydroxylation is 2. The molecule has 27 heavy (non-hydrogen) atoms. The molecule has 0 spiro atoms. The molecule has 1 saturated heterocycles. The summed E-state index contributed by atoms with van der Waals surface area (Å²) < 4.78 is 1.95. The molecule has 4 heterocycles. The second kappa shape index (κ2) is 6.94. The van der Waals surface area contributed by atoms with Gasteiger partial charge in [-0.25, -0.2) is 15.0 Å². The third kappa shape index (κ3) is 3.22. The van der Waals surface area contributed by atoms with Crippen LogP contribution in [0.25, 0.3) is 22.6 Å². The first-order valence-electron chi connectivity index (χ1n) is 9.21. The van der Waals surface area contributed by atoms with E-state index < -0.39 is 0 Å². The van der Waals surface area contributed by atoms with E-state index in [1.165, 1.54) is 0 Å². The van der Waals surface area contributed by atoms with Gasteiger partial charge in [0.25, 0.3) is 0 Å². The van der Waals surface area contributed by atoms with Gasteiger partial charge in [0, 0.05) is 50.1 Å². The number of nitrogens with zero attached hydrogens (tertiary/aromatic N) is 6. The molecule has 1 aliphatic heterocycles. The van der Waals surface area contributed by atoms with Crippen LogP contribution in [0.2, 0.25) is 0 Å². The third-order valence-corrected chi connectivity index (χ3v) is 5.01. The maximum Gasteiger partial charge on any atom is 0.222 e. The number of nitrogens with one attached hydrogen (secondary N) is 1.